The monoisotopic (exact) mass is 434 g/mol. The standard InChI is InChI=1S/C25H26N2O5/c1-13-10-21-23(15-6-4-5-7-16(15)25(29)32-21)24(28)22(13)18-12-17(26-27-18)14-8-9-19(30-2)20(11-14)31-3/h8-11,17,26,28H,4-7,12H2,1-3H3. The number of aromatic hydroxyl groups is 1. The predicted octanol–water partition coefficient (Wildman–Crippen LogP) is 4.14. The molecule has 1 unspecified atom stereocenters. The van der Waals surface area contributed by atoms with Crippen molar-refractivity contribution < 1.29 is 19.0 Å². The number of nitrogens with zero attached hydrogens (tertiary/aromatic N) is 1. The summed E-state index contributed by atoms with van der Waals surface area (Å²) in [5, 5.41) is 16.6. The smallest absolute Gasteiger partial charge is 0.339 e. The highest BCUT2D eigenvalue weighted by Gasteiger charge is 2.28. The Bertz CT molecular complexity index is 1310. The highest BCUT2D eigenvalue weighted by Crippen LogP contribution is 2.40. The first kappa shape index (κ1) is 20.4. The van der Waals surface area contributed by atoms with Gasteiger partial charge in [0, 0.05) is 17.5 Å². The van der Waals surface area contributed by atoms with Crippen LogP contribution in [-0.4, -0.2) is 25.0 Å². The molecule has 7 nitrogen and oxygen atoms in total. The lowest BCUT2D eigenvalue weighted by atomic mass is 9.87. The van der Waals surface area contributed by atoms with E-state index in [-0.39, 0.29) is 17.4 Å². The number of ether oxygens (including phenoxy) is 2. The van der Waals surface area contributed by atoms with Gasteiger partial charge in [-0.05, 0) is 67.5 Å². The molecule has 1 aromatic heterocycles. The Kier molecular flexibility index (Phi) is 5.04. The Hall–Kier alpha value is -3.48. The molecule has 0 amide bonds. The van der Waals surface area contributed by atoms with Gasteiger partial charge in [-0.25, -0.2) is 4.79 Å². The summed E-state index contributed by atoms with van der Waals surface area (Å²) in [5.74, 6) is 1.48. The molecule has 0 bridgehead atoms. The SMILES string of the molecule is COc1ccc(C2CC(c3c(C)cc4oc(=O)c5c(c4c3O)CCCC5)=NN2)cc1OC. The van der Waals surface area contributed by atoms with Crippen LogP contribution in [-0.2, 0) is 12.8 Å². The molecule has 166 valence electrons. The first-order valence-electron chi connectivity index (χ1n) is 10.9. The maximum absolute atomic E-state index is 12.4. The first-order chi connectivity index (χ1) is 15.5. The van der Waals surface area contributed by atoms with E-state index in [0.29, 0.717) is 46.4 Å². The molecule has 0 fully saturated rings. The molecule has 5 rings (SSSR count). The first-order valence-corrected chi connectivity index (χ1v) is 10.9. The molecule has 0 saturated heterocycles. The lowest BCUT2D eigenvalue weighted by Crippen LogP contribution is -2.16. The zero-order valence-corrected chi connectivity index (χ0v) is 18.4. The molecule has 0 saturated carbocycles. The van der Waals surface area contributed by atoms with Crippen molar-refractivity contribution in [3.8, 4) is 17.2 Å². The number of aryl methyl sites for hydroxylation is 2. The lowest BCUT2D eigenvalue weighted by Gasteiger charge is -2.19. The van der Waals surface area contributed by atoms with Crippen LogP contribution in [0.1, 0.15) is 53.1 Å². The van der Waals surface area contributed by atoms with Gasteiger partial charge in [-0.2, -0.15) is 5.10 Å². The number of rotatable bonds is 4. The molecule has 3 aromatic rings. The molecule has 2 heterocycles. The Balaban J connectivity index is 1.55. The summed E-state index contributed by atoms with van der Waals surface area (Å²) >= 11 is 0. The van der Waals surface area contributed by atoms with Gasteiger partial charge in [-0.3, -0.25) is 0 Å². The van der Waals surface area contributed by atoms with Gasteiger partial charge >= 0.3 is 5.63 Å². The topological polar surface area (TPSA) is 93.3 Å². The fourth-order valence-corrected chi connectivity index (χ4v) is 4.93. The second-order valence-corrected chi connectivity index (χ2v) is 8.40. The van der Waals surface area contributed by atoms with Crippen LogP contribution in [0.25, 0.3) is 11.0 Å². The Morgan fingerprint density at radius 1 is 1.09 bits per heavy atom. The van der Waals surface area contributed by atoms with Crippen LogP contribution >= 0.6 is 0 Å². The Morgan fingerprint density at radius 2 is 1.84 bits per heavy atom. The van der Waals surface area contributed by atoms with E-state index in [1.165, 1.54) is 0 Å². The van der Waals surface area contributed by atoms with Crippen LogP contribution in [0.2, 0.25) is 0 Å². The average Bonchev–Trinajstić information content (AvgIpc) is 3.28. The number of fused-ring (bicyclic) bond motifs is 3. The van der Waals surface area contributed by atoms with E-state index >= 15 is 0 Å². The third-order valence-corrected chi connectivity index (χ3v) is 6.53. The molecule has 0 spiro atoms. The number of phenols is 1. The number of nitrogens with one attached hydrogen (secondary N) is 1. The lowest BCUT2D eigenvalue weighted by molar-refractivity contribution is 0.354. The van der Waals surface area contributed by atoms with Crippen molar-refractivity contribution in [1.29, 1.82) is 0 Å². The molecular weight excluding hydrogens is 408 g/mol. The fraction of sp³-hybridized carbons (Fsp3) is 0.360. The molecule has 2 N–H and O–H groups in total. The van der Waals surface area contributed by atoms with Crippen LogP contribution < -0.4 is 20.5 Å². The minimum atomic E-state index is -0.285. The summed E-state index contributed by atoms with van der Waals surface area (Å²) in [4.78, 5) is 12.4. The number of hydrogen-bond donors (Lipinski definition) is 2. The number of benzene rings is 2. The molecule has 0 radical (unpaired) electrons. The Labute approximate surface area is 185 Å². The van der Waals surface area contributed by atoms with Crippen molar-refractivity contribution in [3.05, 3.63) is 62.5 Å². The summed E-state index contributed by atoms with van der Waals surface area (Å²) in [5.41, 5.74) is 8.28. The zero-order chi connectivity index (χ0) is 22.4. The maximum atomic E-state index is 12.4. The molecular formula is C25H26N2O5. The van der Waals surface area contributed by atoms with E-state index in [2.05, 4.69) is 10.5 Å². The van der Waals surface area contributed by atoms with Gasteiger partial charge < -0.3 is 24.4 Å². The zero-order valence-electron chi connectivity index (χ0n) is 18.4. The minimum absolute atomic E-state index is 0.0538. The second-order valence-electron chi connectivity index (χ2n) is 8.40. The Morgan fingerprint density at radius 3 is 2.59 bits per heavy atom. The number of phenolic OH excluding ortho intramolecular Hbond substituents is 1. The second kappa shape index (κ2) is 7.89. The van der Waals surface area contributed by atoms with E-state index in [1.807, 2.05) is 31.2 Å². The fourth-order valence-electron chi connectivity index (χ4n) is 4.93. The van der Waals surface area contributed by atoms with Gasteiger partial charge in [0.2, 0.25) is 0 Å². The summed E-state index contributed by atoms with van der Waals surface area (Å²) in [6.07, 6.45) is 4.03. The highest BCUT2D eigenvalue weighted by atomic mass is 16.5. The quantitative estimate of drug-likeness (QED) is 0.600. The molecule has 1 atom stereocenters. The van der Waals surface area contributed by atoms with Gasteiger partial charge in [0.25, 0.3) is 0 Å². The van der Waals surface area contributed by atoms with Gasteiger partial charge in [-0.1, -0.05) is 6.07 Å². The summed E-state index contributed by atoms with van der Waals surface area (Å²) in [7, 11) is 3.22. The van der Waals surface area contributed by atoms with Crippen molar-refractivity contribution in [1.82, 2.24) is 5.43 Å². The normalized spacial score (nSPS) is 17.6. The van der Waals surface area contributed by atoms with Crippen LogP contribution in [0.3, 0.4) is 0 Å². The van der Waals surface area contributed by atoms with Crippen LogP contribution in [0.15, 0.2) is 38.6 Å². The molecule has 1 aliphatic heterocycles. The van der Waals surface area contributed by atoms with Crippen molar-refractivity contribution >= 4 is 16.7 Å². The highest BCUT2D eigenvalue weighted by molar-refractivity contribution is 6.09. The van der Waals surface area contributed by atoms with E-state index in [4.69, 9.17) is 13.9 Å². The number of hydrazone groups is 1. The van der Waals surface area contributed by atoms with Gasteiger partial charge in [-0.15, -0.1) is 0 Å². The molecule has 1 aliphatic carbocycles. The van der Waals surface area contributed by atoms with Crippen LogP contribution in [0.5, 0.6) is 17.2 Å². The van der Waals surface area contributed by atoms with Gasteiger partial charge in [0.05, 0.1) is 31.4 Å². The van der Waals surface area contributed by atoms with Gasteiger partial charge in [0.15, 0.2) is 11.5 Å². The number of hydrogen-bond acceptors (Lipinski definition) is 7. The van der Waals surface area contributed by atoms with Crippen LogP contribution in [0, 0.1) is 6.92 Å². The average molecular weight is 434 g/mol. The van der Waals surface area contributed by atoms with E-state index in [1.54, 1.807) is 14.2 Å². The third kappa shape index (κ3) is 3.20. The van der Waals surface area contributed by atoms with Crippen molar-refractivity contribution in [2.45, 2.75) is 45.1 Å². The van der Waals surface area contributed by atoms with Crippen molar-refractivity contribution in [3.63, 3.8) is 0 Å². The summed E-state index contributed by atoms with van der Waals surface area (Å²) < 4.78 is 16.3. The van der Waals surface area contributed by atoms with Gasteiger partial charge in [0.1, 0.15) is 11.3 Å². The molecule has 7 heteroatoms. The third-order valence-electron chi connectivity index (χ3n) is 6.53. The molecule has 2 aromatic carbocycles. The molecule has 32 heavy (non-hydrogen) atoms. The predicted molar refractivity (Wildman–Crippen MR) is 122 cm³/mol. The van der Waals surface area contributed by atoms with E-state index in [0.717, 1.165) is 41.7 Å². The summed E-state index contributed by atoms with van der Waals surface area (Å²) in [6, 6.07) is 7.58. The van der Waals surface area contributed by atoms with Crippen molar-refractivity contribution in [2.75, 3.05) is 14.2 Å². The maximum Gasteiger partial charge on any atom is 0.339 e. The number of methoxy groups -OCH3 is 2. The van der Waals surface area contributed by atoms with E-state index < -0.39 is 0 Å². The van der Waals surface area contributed by atoms with E-state index in [9.17, 15) is 9.90 Å². The minimum Gasteiger partial charge on any atom is -0.506 e. The van der Waals surface area contributed by atoms with Crippen molar-refractivity contribution in [2.24, 2.45) is 5.10 Å². The largest absolute Gasteiger partial charge is 0.506 e. The summed E-state index contributed by atoms with van der Waals surface area (Å²) in [6.45, 7) is 1.90. The van der Waals surface area contributed by atoms with Crippen LogP contribution in [0.4, 0.5) is 0 Å². The molecule has 2 aliphatic rings.